The van der Waals surface area contributed by atoms with Crippen LogP contribution < -0.4 is 10.5 Å². The highest BCUT2D eigenvalue weighted by Crippen LogP contribution is 2.30. The van der Waals surface area contributed by atoms with Gasteiger partial charge in [0.2, 0.25) is 0 Å². The highest BCUT2D eigenvalue weighted by Gasteiger charge is 2.28. The summed E-state index contributed by atoms with van der Waals surface area (Å²) in [6.07, 6.45) is 0. The lowest BCUT2D eigenvalue weighted by Crippen LogP contribution is -2.23. The second kappa shape index (κ2) is 6.28. The van der Waals surface area contributed by atoms with Gasteiger partial charge in [0.05, 0.1) is 12.0 Å². The number of aryl methyl sites for hydroxylation is 1. The number of ether oxygens (including phenoxy) is 1. The van der Waals surface area contributed by atoms with Crippen molar-refractivity contribution < 1.29 is 13.2 Å². The lowest BCUT2D eigenvalue weighted by Gasteiger charge is -2.18. The highest BCUT2D eigenvalue weighted by atomic mass is 32.2. The number of benzene rings is 2. The molecule has 0 radical (unpaired) electrons. The minimum atomic E-state index is -3.53. The molecular weight excluding hydrogens is 286 g/mol. The lowest BCUT2D eigenvalue weighted by atomic mass is 10.1. The molecule has 0 aliphatic carbocycles. The summed E-state index contributed by atoms with van der Waals surface area (Å²) in [5.41, 5.74) is 7.42. The number of nitrogens with two attached hydrogens (primary N) is 1. The predicted molar refractivity (Wildman–Crippen MR) is 83.2 cm³/mol. The molecule has 0 aliphatic heterocycles. The zero-order chi connectivity index (χ0) is 15.5. The molecule has 0 unspecified atom stereocenters. The molecule has 0 fully saturated rings. The van der Waals surface area contributed by atoms with Gasteiger partial charge in [0, 0.05) is 6.54 Å². The van der Waals surface area contributed by atoms with Gasteiger partial charge in [-0.05, 0) is 42.3 Å². The van der Waals surface area contributed by atoms with Crippen LogP contribution in [0.2, 0.25) is 0 Å². The van der Waals surface area contributed by atoms with E-state index in [1.807, 2.05) is 31.2 Å². The number of sulfone groups is 1. The summed E-state index contributed by atoms with van der Waals surface area (Å²) in [5.74, 6) is 0.620. The van der Waals surface area contributed by atoms with Crippen molar-refractivity contribution in [2.45, 2.75) is 17.1 Å². The minimum absolute atomic E-state index is 0.0409. The molecular formula is C16H19NO3S. The summed E-state index contributed by atoms with van der Waals surface area (Å²) < 4.78 is 30.6. The van der Waals surface area contributed by atoms with Crippen LogP contribution in [-0.2, 0) is 9.84 Å². The van der Waals surface area contributed by atoms with Crippen molar-refractivity contribution in [3.05, 3.63) is 59.7 Å². The summed E-state index contributed by atoms with van der Waals surface area (Å²) in [6.45, 7) is 1.93. The topological polar surface area (TPSA) is 69.4 Å². The van der Waals surface area contributed by atoms with Crippen LogP contribution in [-0.4, -0.2) is 22.1 Å². The van der Waals surface area contributed by atoms with E-state index < -0.39 is 15.1 Å². The molecule has 2 N–H and O–H groups in total. The third-order valence-corrected chi connectivity index (χ3v) is 5.64. The van der Waals surface area contributed by atoms with Crippen LogP contribution in [0.5, 0.6) is 5.75 Å². The van der Waals surface area contributed by atoms with Gasteiger partial charge < -0.3 is 10.5 Å². The molecule has 2 rings (SSSR count). The fraction of sp³-hybridized carbons (Fsp3) is 0.250. The summed E-state index contributed by atoms with van der Waals surface area (Å²) in [6, 6.07) is 13.8. The smallest absolute Gasteiger partial charge is 0.186 e. The third-order valence-electron chi connectivity index (χ3n) is 3.51. The number of hydrogen-bond acceptors (Lipinski definition) is 4. The normalized spacial score (nSPS) is 12.9. The van der Waals surface area contributed by atoms with Crippen molar-refractivity contribution in [1.82, 2.24) is 0 Å². The number of methoxy groups -OCH3 is 1. The summed E-state index contributed by atoms with van der Waals surface area (Å²) in [5, 5.41) is -0.743. The first kappa shape index (κ1) is 15.5. The van der Waals surface area contributed by atoms with E-state index in [2.05, 4.69) is 0 Å². The van der Waals surface area contributed by atoms with Gasteiger partial charge in [-0.3, -0.25) is 0 Å². The second-order valence-electron chi connectivity index (χ2n) is 4.80. The van der Waals surface area contributed by atoms with E-state index in [0.717, 1.165) is 11.1 Å². The van der Waals surface area contributed by atoms with Crippen molar-refractivity contribution in [2.24, 2.45) is 5.73 Å². The summed E-state index contributed by atoms with van der Waals surface area (Å²) in [4.78, 5) is 0.252. The zero-order valence-corrected chi connectivity index (χ0v) is 12.9. The molecule has 0 amide bonds. The van der Waals surface area contributed by atoms with Gasteiger partial charge in [0.1, 0.15) is 11.0 Å². The predicted octanol–water partition coefficient (Wildman–Crippen LogP) is 2.48. The van der Waals surface area contributed by atoms with Crippen molar-refractivity contribution in [2.75, 3.05) is 13.7 Å². The number of hydrogen-bond donors (Lipinski definition) is 1. The van der Waals surface area contributed by atoms with Crippen LogP contribution in [0.15, 0.2) is 53.4 Å². The van der Waals surface area contributed by atoms with Crippen LogP contribution in [0.1, 0.15) is 16.4 Å². The van der Waals surface area contributed by atoms with Gasteiger partial charge in [-0.1, -0.05) is 24.3 Å². The van der Waals surface area contributed by atoms with Gasteiger partial charge in [-0.15, -0.1) is 0 Å². The maximum atomic E-state index is 12.8. The van der Waals surface area contributed by atoms with Crippen LogP contribution in [0.4, 0.5) is 0 Å². The fourth-order valence-electron chi connectivity index (χ4n) is 2.30. The molecule has 2 aromatic rings. The van der Waals surface area contributed by atoms with E-state index in [9.17, 15) is 8.42 Å². The third kappa shape index (κ3) is 3.09. The van der Waals surface area contributed by atoms with E-state index in [-0.39, 0.29) is 11.4 Å². The van der Waals surface area contributed by atoms with E-state index >= 15 is 0 Å². The molecule has 0 aliphatic rings. The van der Waals surface area contributed by atoms with E-state index in [0.29, 0.717) is 5.75 Å². The molecule has 4 nitrogen and oxygen atoms in total. The monoisotopic (exact) mass is 305 g/mol. The Morgan fingerprint density at radius 2 is 1.71 bits per heavy atom. The molecule has 5 heteroatoms. The average molecular weight is 305 g/mol. The second-order valence-corrected chi connectivity index (χ2v) is 6.93. The fourth-order valence-corrected chi connectivity index (χ4v) is 3.99. The Balaban J connectivity index is 2.47. The number of rotatable bonds is 5. The standard InChI is InChI=1S/C16H19NO3S/c1-12-5-3-4-6-15(12)16(11-17)21(18,19)14-9-7-13(20-2)8-10-14/h3-10,16H,11,17H2,1-2H3/t16-/m1/s1. The molecule has 0 spiro atoms. The Hall–Kier alpha value is -1.85. The lowest BCUT2D eigenvalue weighted by molar-refractivity contribution is 0.414. The first-order valence-electron chi connectivity index (χ1n) is 6.64. The Labute approximate surface area is 125 Å². The summed E-state index contributed by atoms with van der Waals surface area (Å²) >= 11 is 0. The van der Waals surface area contributed by atoms with Crippen LogP contribution in [0.3, 0.4) is 0 Å². The van der Waals surface area contributed by atoms with Crippen LogP contribution in [0, 0.1) is 6.92 Å². The Morgan fingerprint density at radius 1 is 1.10 bits per heavy atom. The zero-order valence-electron chi connectivity index (χ0n) is 12.1. The average Bonchev–Trinajstić information content (AvgIpc) is 2.50. The largest absolute Gasteiger partial charge is 0.497 e. The quantitative estimate of drug-likeness (QED) is 0.921. The molecule has 0 saturated carbocycles. The molecule has 112 valence electrons. The van der Waals surface area contributed by atoms with Crippen molar-refractivity contribution in [1.29, 1.82) is 0 Å². The molecule has 0 aromatic heterocycles. The van der Waals surface area contributed by atoms with Gasteiger partial charge in [-0.25, -0.2) is 8.42 Å². The Bertz CT molecular complexity index is 709. The SMILES string of the molecule is COc1ccc(S(=O)(=O)[C@H](CN)c2ccccc2C)cc1. The highest BCUT2D eigenvalue weighted by molar-refractivity contribution is 7.91. The van der Waals surface area contributed by atoms with Gasteiger partial charge >= 0.3 is 0 Å². The van der Waals surface area contributed by atoms with E-state index in [4.69, 9.17) is 10.5 Å². The summed E-state index contributed by atoms with van der Waals surface area (Å²) in [7, 11) is -1.99. The van der Waals surface area contributed by atoms with E-state index in [1.165, 1.54) is 0 Å². The molecule has 0 bridgehead atoms. The maximum absolute atomic E-state index is 12.8. The van der Waals surface area contributed by atoms with Crippen molar-refractivity contribution >= 4 is 9.84 Å². The van der Waals surface area contributed by atoms with Crippen molar-refractivity contribution in [3.63, 3.8) is 0 Å². The molecule has 0 heterocycles. The first-order valence-corrected chi connectivity index (χ1v) is 8.19. The first-order chi connectivity index (χ1) is 10.0. The van der Waals surface area contributed by atoms with Gasteiger partial charge in [0.25, 0.3) is 0 Å². The maximum Gasteiger partial charge on any atom is 0.186 e. The molecule has 21 heavy (non-hydrogen) atoms. The minimum Gasteiger partial charge on any atom is -0.497 e. The van der Waals surface area contributed by atoms with E-state index in [1.54, 1.807) is 31.4 Å². The molecule has 1 atom stereocenters. The van der Waals surface area contributed by atoms with Gasteiger partial charge in [-0.2, -0.15) is 0 Å². The molecule has 0 saturated heterocycles. The molecule has 2 aromatic carbocycles. The van der Waals surface area contributed by atoms with Crippen LogP contribution >= 0.6 is 0 Å². The Kier molecular flexibility index (Phi) is 4.65. The van der Waals surface area contributed by atoms with Crippen molar-refractivity contribution in [3.8, 4) is 5.75 Å². The van der Waals surface area contributed by atoms with Crippen LogP contribution in [0.25, 0.3) is 0 Å². The Morgan fingerprint density at radius 3 is 2.24 bits per heavy atom. The van der Waals surface area contributed by atoms with Gasteiger partial charge in [0.15, 0.2) is 9.84 Å².